The van der Waals surface area contributed by atoms with Crippen molar-refractivity contribution >= 4 is 39.9 Å². The Balaban J connectivity index is 1.79. The third kappa shape index (κ3) is 3.87. The van der Waals surface area contributed by atoms with Gasteiger partial charge in [-0.15, -0.1) is 0 Å². The van der Waals surface area contributed by atoms with Crippen LogP contribution in [0.5, 0.6) is 0 Å². The third-order valence-electron chi connectivity index (χ3n) is 4.48. The first-order chi connectivity index (χ1) is 12.5. The number of nitrogens with zero attached hydrogens (tertiary/aromatic N) is 2. The molecule has 0 unspecified atom stereocenters. The summed E-state index contributed by atoms with van der Waals surface area (Å²) >= 11 is 7.27. The fourth-order valence-corrected chi connectivity index (χ4v) is 4.15. The number of carbonyl (C=O) groups is 2. The van der Waals surface area contributed by atoms with Gasteiger partial charge in [0.1, 0.15) is 16.6 Å². The summed E-state index contributed by atoms with van der Waals surface area (Å²) in [7, 11) is 0. The van der Waals surface area contributed by atoms with Gasteiger partial charge in [-0.3, -0.25) is 9.59 Å². The number of thiazole rings is 1. The van der Waals surface area contributed by atoms with E-state index < -0.39 is 11.9 Å². The first kappa shape index (κ1) is 18.4. The topological polar surface area (TPSA) is 103 Å². The number of anilines is 1. The number of nitriles is 1. The van der Waals surface area contributed by atoms with E-state index in [1.807, 2.05) is 0 Å². The van der Waals surface area contributed by atoms with Gasteiger partial charge in [-0.2, -0.15) is 5.26 Å². The third-order valence-corrected chi connectivity index (χ3v) is 5.69. The molecule has 1 aromatic heterocycles. The number of hydrogen-bond acceptors (Lipinski definition) is 5. The number of rotatable bonds is 4. The van der Waals surface area contributed by atoms with Crippen LogP contribution in [0.3, 0.4) is 0 Å². The van der Waals surface area contributed by atoms with Crippen LogP contribution < -0.4 is 5.32 Å². The summed E-state index contributed by atoms with van der Waals surface area (Å²) in [5, 5.41) is 22.1. The van der Waals surface area contributed by atoms with Crippen molar-refractivity contribution in [1.82, 2.24) is 4.98 Å². The molecular weight excluding hydrogens is 374 g/mol. The van der Waals surface area contributed by atoms with E-state index in [4.69, 9.17) is 16.7 Å². The Kier molecular flexibility index (Phi) is 5.55. The van der Waals surface area contributed by atoms with Crippen molar-refractivity contribution < 1.29 is 14.7 Å². The van der Waals surface area contributed by atoms with Crippen LogP contribution in [0.4, 0.5) is 5.13 Å². The minimum Gasteiger partial charge on any atom is -0.481 e. The summed E-state index contributed by atoms with van der Waals surface area (Å²) in [6.45, 7) is 0. The fraction of sp³-hybridized carbons (Fsp3) is 0.333. The summed E-state index contributed by atoms with van der Waals surface area (Å²) in [5.41, 5.74) is 1.07. The SMILES string of the molecule is N#Cc1sc(NC(=O)[C@H]2CCC[C@@H](C(=O)O)C2)nc1-c1ccccc1Cl. The summed E-state index contributed by atoms with van der Waals surface area (Å²) in [6.07, 6.45) is 2.30. The van der Waals surface area contributed by atoms with Crippen LogP contribution in [-0.2, 0) is 9.59 Å². The molecule has 0 radical (unpaired) electrons. The van der Waals surface area contributed by atoms with Crippen LogP contribution in [0.2, 0.25) is 5.02 Å². The van der Waals surface area contributed by atoms with Gasteiger partial charge in [0, 0.05) is 11.5 Å². The molecule has 0 bridgehead atoms. The number of carboxylic acid groups (broad SMARTS) is 1. The Bertz CT molecular complexity index is 890. The van der Waals surface area contributed by atoms with Gasteiger partial charge >= 0.3 is 5.97 Å². The molecule has 1 fully saturated rings. The standard InChI is InChI=1S/C18H16ClN3O3S/c19-13-7-2-1-6-12(13)15-14(9-20)26-18(21-15)22-16(23)10-4-3-5-11(8-10)17(24)25/h1-2,6-7,10-11H,3-5,8H2,(H,24,25)(H,21,22,23)/t10-,11+/m0/s1. The van der Waals surface area contributed by atoms with Crippen molar-refractivity contribution in [3.05, 3.63) is 34.2 Å². The van der Waals surface area contributed by atoms with Crippen LogP contribution in [0.1, 0.15) is 30.6 Å². The highest BCUT2D eigenvalue weighted by Crippen LogP contribution is 2.35. The number of benzene rings is 1. The average Bonchev–Trinajstić information content (AvgIpc) is 3.04. The summed E-state index contributed by atoms with van der Waals surface area (Å²) in [6, 6.07) is 9.15. The highest BCUT2D eigenvalue weighted by Gasteiger charge is 2.31. The molecule has 1 aromatic carbocycles. The maximum Gasteiger partial charge on any atom is 0.306 e. The second kappa shape index (κ2) is 7.85. The molecule has 1 saturated carbocycles. The molecule has 1 aliphatic rings. The van der Waals surface area contributed by atoms with Gasteiger partial charge in [-0.1, -0.05) is 47.6 Å². The smallest absolute Gasteiger partial charge is 0.306 e. The van der Waals surface area contributed by atoms with Crippen LogP contribution in [-0.4, -0.2) is 22.0 Å². The summed E-state index contributed by atoms with van der Waals surface area (Å²) in [4.78, 5) is 28.4. The minimum absolute atomic E-state index is 0.250. The monoisotopic (exact) mass is 389 g/mol. The number of aromatic nitrogens is 1. The van der Waals surface area contributed by atoms with E-state index in [2.05, 4.69) is 16.4 Å². The van der Waals surface area contributed by atoms with Crippen LogP contribution in [0, 0.1) is 23.2 Å². The van der Waals surface area contributed by atoms with Gasteiger partial charge < -0.3 is 10.4 Å². The molecule has 0 saturated heterocycles. The fourth-order valence-electron chi connectivity index (χ4n) is 3.14. The number of aliphatic carboxylic acids is 1. The van der Waals surface area contributed by atoms with E-state index in [1.54, 1.807) is 24.3 Å². The van der Waals surface area contributed by atoms with Gasteiger partial charge in [-0.25, -0.2) is 4.98 Å². The van der Waals surface area contributed by atoms with Gasteiger partial charge in [0.2, 0.25) is 5.91 Å². The Morgan fingerprint density at radius 2 is 2.04 bits per heavy atom. The zero-order valence-electron chi connectivity index (χ0n) is 13.7. The zero-order valence-corrected chi connectivity index (χ0v) is 15.3. The number of amides is 1. The molecule has 2 N–H and O–H groups in total. The lowest BCUT2D eigenvalue weighted by atomic mass is 9.81. The molecule has 3 rings (SSSR count). The lowest BCUT2D eigenvalue weighted by Crippen LogP contribution is -2.30. The number of carbonyl (C=O) groups excluding carboxylic acids is 1. The van der Waals surface area contributed by atoms with Crippen molar-refractivity contribution in [2.24, 2.45) is 11.8 Å². The van der Waals surface area contributed by atoms with Crippen molar-refractivity contribution in [2.45, 2.75) is 25.7 Å². The Morgan fingerprint density at radius 1 is 1.31 bits per heavy atom. The van der Waals surface area contributed by atoms with Crippen molar-refractivity contribution in [2.75, 3.05) is 5.32 Å². The van der Waals surface area contributed by atoms with Crippen LogP contribution >= 0.6 is 22.9 Å². The van der Waals surface area contributed by atoms with Crippen molar-refractivity contribution in [1.29, 1.82) is 5.26 Å². The lowest BCUT2D eigenvalue weighted by molar-refractivity contribution is -0.143. The molecule has 26 heavy (non-hydrogen) atoms. The molecule has 0 aliphatic heterocycles. The maximum atomic E-state index is 12.5. The Hall–Kier alpha value is -2.43. The quantitative estimate of drug-likeness (QED) is 0.816. The molecule has 2 atom stereocenters. The van der Waals surface area contributed by atoms with Crippen molar-refractivity contribution in [3.8, 4) is 17.3 Å². The summed E-state index contributed by atoms with van der Waals surface area (Å²) < 4.78 is 0. The highest BCUT2D eigenvalue weighted by atomic mass is 35.5. The average molecular weight is 390 g/mol. The van der Waals surface area contributed by atoms with E-state index in [0.717, 1.165) is 11.3 Å². The largest absolute Gasteiger partial charge is 0.481 e. The van der Waals surface area contributed by atoms with E-state index in [9.17, 15) is 14.9 Å². The van der Waals surface area contributed by atoms with Crippen LogP contribution in [0.15, 0.2) is 24.3 Å². The molecule has 2 aromatic rings. The minimum atomic E-state index is -0.857. The van der Waals surface area contributed by atoms with Gasteiger partial charge in [-0.05, 0) is 25.3 Å². The number of halogens is 1. The number of carboxylic acids is 1. The second-order valence-electron chi connectivity index (χ2n) is 6.18. The van der Waals surface area contributed by atoms with Crippen LogP contribution in [0.25, 0.3) is 11.3 Å². The van der Waals surface area contributed by atoms with E-state index in [0.29, 0.717) is 52.0 Å². The predicted molar refractivity (Wildman–Crippen MR) is 99.0 cm³/mol. The zero-order chi connectivity index (χ0) is 18.7. The molecule has 1 heterocycles. The second-order valence-corrected chi connectivity index (χ2v) is 7.58. The predicted octanol–water partition coefficient (Wildman–Crippen LogP) is 4.16. The number of hydrogen-bond donors (Lipinski definition) is 2. The normalized spacial score (nSPS) is 19.5. The van der Waals surface area contributed by atoms with E-state index in [1.165, 1.54) is 0 Å². The first-order valence-corrected chi connectivity index (χ1v) is 9.38. The summed E-state index contributed by atoms with van der Waals surface area (Å²) in [5.74, 6) is -1.95. The number of nitrogens with one attached hydrogen (secondary N) is 1. The van der Waals surface area contributed by atoms with E-state index in [-0.39, 0.29) is 11.8 Å². The molecule has 6 nitrogen and oxygen atoms in total. The van der Waals surface area contributed by atoms with Gasteiger partial charge in [0.25, 0.3) is 0 Å². The molecule has 134 valence electrons. The first-order valence-electron chi connectivity index (χ1n) is 8.19. The Labute approximate surface area is 159 Å². The molecule has 0 spiro atoms. The van der Waals surface area contributed by atoms with Crippen molar-refractivity contribution in [3.63, 3.8) is 0 Å². The molecule has 8 heteroatoms. The highest BCUT2D eigenvalue weighted by molar-refractivity contribution is 7.16. The molecule has 1 amide bonds. The molecular formula is C18H16ClN3O3S. The van der Waals surface area contributed by atoms with E-state index >= 15 is 0 Å². The maximum absolute atomic E-state index is 12.5. The Morgan fingerprint density at radius 3 is 2.73 bits per heavy atom. The lowest BCUT2D eigenvalue weighted by Gasteiger charge is -2.25. The molecule has 1 aliphatic carbocycles. The van der Waals surface area contributed by atoms with Gasteiger partial charge in [0.15, 0.2) is 5.13 Å². The van der Waals surface area contributed by atoms with Gasteiger partial charge in [0.05, 0.1) is 10.9 Å².